The molecule has 1 N–H and O–H groups in total. The van der Waals surface area contributed by atoms with Crippen molar-refractivity contribution in [2.24, 2.45) is 0 Å². The minimum atomic E-state index is 0.662. The summed E-state index contributed by atoms with van der Waals surface area (Å²) < 4.78 is 2.16. The van der Waals surface area contributed by atoms with Gasteiger partial charge in [-0.1, -0.05) is 6.07 Å². The number of aryl methyl sites for hydroxylation is 1. The number of hydrogen-bond acceptors (Lipinski definition) is 3. The Bertz CT molecular complexity index is 529. The number of nitrogens with one attached hydrogen (secondary N) is 1. The first-order valence-corrected chi connectivity index (χ1v) is 7.73. The topological polar surface area (TPSA) is 29.3 Å². The molecule has 1 saturated heterocycles. The summed E-state index contributed by atoms with van der Waals surface area (Å²) in [5, 5.41) is 3.62. The lowest BCUT2D eigenvalue weighted by molar-refractivity contribution is 0.504. The lowest BCUT2D eigenvalue weighted by Gasteiger charge is -2.21. The molecule has 0 saturated carbocycles. The van der Waals surface area contributed by atoms with E-state index in [1.807, 2.05) is 0 Å². The summed E-state index contributed by atoms with van der Waals surface area (Å²) in [5.41, 5.74) is 3.42. The van der Waals surface area contributed by atoms with Crippen LogP contribution in [0, 0.1) is 6.92 Å². The molecule has 0 aromatic carbocycles. The molecule has 1 unspecified atom stereocenters. The highest BCUT2D eigenvalue weighted by Gasteiger charge is 2.13. The van der Waals surface area contributed by atoms with E-state index in [-0.39, 0.29) is 0 Å². The molecule has 1 aliphatic heterocycles. The Kier molecular flexibility index (Phi) is 3.57. The Morgan fingerprint density at radius 2 is 2.44 bits per heavy atom. The predicted octanol–water partition coefficient (Wildman–Crippen LogP) is 2.63. The van der Waals surface area contributed by atoms with Crippen LogP contribution in [0.25, 0.3) is 5.65 Å². The van der Waals surface area contributed by atoms with Crippen LogP contribution in [-0.4, -0.2) is 26.9 Å². The zero-order valence-corrected chi connectivity index (χ0v) is 11.5. The number of pyridine rings is 1. The van der Waals surface area contributed by atoms with E-state index in [9.17, 15) is 0 Å². The van der Waals surface area contributed by atoms with E-state index >= 15 is 0 Å². The van der Waals surface area contributed by atoms with E-state index < -0.39 is 0 Å². The zero-order chi connectivity index (χ0) is 12.4. The summed E-state index contributed by atoms with van der Waals surface area (Å²) in [6.45, 7) is 3.00. The first kappa shape index (κ1) is 12.1. The van der Waals surface area contributed by atoms with Crippen LogP contribution in [0.5, 0.6) is 0 Å². The van der Waals surface area contributed by atoms with Crippen LogP contribution < -0.4 is 5.32 Å². The van der Waals surface area contributed by atoms with E-state index in [0.717, 1.165) is 17.9 Å². The average Bonchev–Trinajstić information content (AvgIpc) is 2.82. The summed E-state index contributed by atoms with van der Waals surface area (Å²) >= 11 is 2.06. The fraction of sp³-hybridized carbons (Fsp3) is 0.500. The third kappa shape index (κ3) is 2.54. The van der Waals surface area contributed by atoms with Crippen LogP contribution in [0.1, 0.15) is 24.2 Å². The molecule has 0 amide bonds. The molecule has 0 aliphatic carbocycles. The third-order valence-electron chi connectivity index (χ3n) is 3.48. The molecule has 0 radical (unpaired) electrons. The first-order chi connectivity index (χ1) is 8.83. The average molecular weight is 261 g/mol. The van der Waals surface area contributed by atoms with Gasteiger partial charge in [0.25, 0.3) is 0 Å². The Balaban J connectivity index is 1.69. The fourth-order valence-corrected chi connectivity index (χ4v) is 3.54. The highest BCUT2D eigenvalue weighted by atomic mass is 32.2. The van der Waals surface area contributed by atoms with Gasteiger partial charge in [0.15, 0.2) is 0 Å². The van der Waals surface area contributed by atoms with Gasteiger partial charge in [-0.3, -0.25) is 0 Å². The van der Waals surface area contributed by atoms with Crippen molar-refractivity contribution in [1.82, 2.24) is 14.7 Å². The predicted molar refractivity (Wildman–Crippen MR) is 77.1 cm³/mol. The smallest absolute Gasteiger partial charge is 0.137 e. The van der Waals surface area contributed by atoms with Crippen molar-refractivity contribution in [1.29, 1.82) is 0 Å². The third-order valence-corrected chi connectivity index (χ3v) is 4.69. The van der Waals surface area contributed by atoms with Gasteiger partial charge in [0, 0.05) is 30.2 Å². The van der Waals surface area contributed by atoms with Crippen LogP contribution in [0.2, 0.25) is 0 Å². The summed E-state index contributed by atoms with van der Waals surface area (Å²) in [5.74, 6) is 2.57. The Hall–Kier alpha value is -1.00. The van der Waals surface area contributed by atoms with E-state index in [4.69, 9.17) is 0 Å². The van der Waals surface area contributed by atoms with Gasteiger partial charge in [-0.15, -0.1) is 0 Å². The van der Waals surface area contributed by atoms with Crippen LogP contribution in [-0.2, 0) is 6.54 Å². The molecule has 3 nitrogen and oxygen atoms in total. The standard InChI is InChI=1S/C14H19N3S/c1-11-4-2-6-14-16-13(9-17(11)14)8-15-12-5-3-7-18-10-12/h2,4,6,9,12,15H,3,5,7-8,10H2,1H3. The second kappa shape index (κ2) is 5.33. The van der Waals surface area contributed by atoms with Crippen LogP contribution >= 0.6 is 11.8 Å². The molecule has 2 aromatic rings. The molecule has 0 spiro atoms. The normalized spacial score (nSPS) is 20.4. The number of hydrogen-bond donors (Lipinski definition) is 1. The van der Waals surface area contributed by atoms with Crippen molar-refractivity contribution >= 4 is 17.4 Å². The van der Waals surface area contributed by atoms with Crippen molar-refractivity contribution in [3.63, 3.8) is 0 Å². The maximum atomic E-state index is 4.65. The summed E-state index contributed by atoms with van der Waals surface area (Å²) in [6, 6.07) is 6.90. The van der Waals surface area contributed by atoms with Crippen molar-refractivity contribution < 1.29 is 0 Å². The van der Waals surface area contributed by atoms with Gasteiger partial charge >= 0.3 is 0 Å². The van der Waals surface area contributed by atoms with E-state index in [2.05, 4.69) is 57.8 Å². The Morgan fingerprint density at radius 1 is 1.50 bits per heavy atom. The Morgan fingerprint density at radius 3 is 3.22 bits per heavy atom. The van der Waals surface area contributed by atoms with Gasteiger partial charge in [0.05, 0.1) is 5.69 Å². The second-order valence-corrected chi connectivity index (χ2v) is 6.07. The molecule has 3 heterocycles. The first-order valence-electron chi connectivity index (χ1n) is 6.57. The van der Waals surface area contributed by atoms with E-state index in [0.29, 0.717) is 6.04 Å². The van der Waals surface area contributed by atoms with Crippen molar-refractivity contribution in [3.05, 3.63) is 35.8 Å². The van der Waals surface area contributed by atoms with Gasteiger partial charge in [-0.25, -0.2) is 4.98 Å². The van der Waals surface area contributed by atoms with Crippen molar-refractivity contribution in [3.8, 4) is 0 Å². The zero-order valence-electron chi connectivity index (χ0n) is 10.7. The molecule has 2 aromatic heterocycles. The molecule has 1 fully saturated rings. The van der Waals surface area contributed by atoms with Crippen LogP contribution in [0.15, 0.2) is 24.4 Å². The number of nitrogens with zero attached hydrogens (tertiary/aromatic N) is 2. The quantitative estimate of drug-likeness (QED) is 0.921. The molecule has 18 heavy (non-hydrogen) atoms. The van der Waals surface area contributed by atoms with Crippen LogP contribution in [0.3, 0.4) is 0 Å². The van der Waals surface area contributed by atoms with Crippen molar-refractivity contribution in [2.45, 2.75) is 32.4 Å². The van der Waals surface area contributed by atoms with Gasteiger partial charge in [-0.2, -0.15) is 11.8 Å². The molecule has 1 aliphatic rings. The second-order valence-electron chi connectivity index (χ2n) is 4.92. The lowest BCUT2D eigenvalue weighted by atomic mass is 10.2. The lowest BCUT2D eigenvalue weighted by Crippen LogP contribution is -2.33. The SMILES string of the molecule is Cc1cccc2nc(CNC3CCCSC3)cn12. The maximum Gasteiger partial charge on any atom is 0.137 e. The minimum absolute atomic E-state index is 0.662. The molecule has 1 atom stereocenters. The van der Waals surface area contributed by atoms with Crippen molar-refractivity contribution in [2.75, 3.05) is 11.5 Å². The van der Waals surface area contributed by atoms with Gasteiger partial charge in [0.2, 0.25) is 0 Å². The summed E-state index contributed by atoms with van der Waals surface area (Å²) in [7, 11) is 0. The number of aromatic nitrogens is 2. The maximum absolute atomic E-state index is 4.65. The molecule has 4 heteroatoms. The minimum Gasteiger partial charge on any atom is -0.307 e. The molecule has 0 bridgehead atoms. The fourth-order valence-electron chi connectivity index (χ4n) is 2.43. The van der Waals surface area contributed by atoms with Gasteiger partial charge in [-0.05, 0) is 37.7 Å². The highest BCUT2D eigenvalue weighted by molar-refractivity contribution is 7.99. The monoisotopic (exact) mass is 261 g/mol. The number of imidazole rings is 1. The number of fused-ring (bicyclic) bond motifs is 1. The van der Waals surface area contributed by atoms with E-state index in [1.165, 1.54) is 30.0 Å². The largest absolute Gasteiger partial charge is 0.307 e. The van der Waals surface area contributed by atoms with Gasteiger partial charge < -0.3 is 9.72 Å². The number of rotatable bonds is 3. The van der Waals surface area contributed by atoms with E-state index in [1.54, 1.807) is 0 Å². The number of thioether (sulfide) groups is 1. The van der Waals surface area contributed by atoms with Gasteiger partial charge in [0.1, 0.15) is 5.65 Å². The summed E-state index contributed by atoms with van der Waals surface area (Å²) in [6.07, 6.45) is 4.79. The molecular formula is C14H19N3S. The molecule has 96 valence electrons. The summed E-state index contributed by atoms with van der Waals surface area (Å²) in [4.78, 5) is 4.65. The highest BCUT2D eigenvalue weighted by Crippen LogP contribution is 2.17. The Labute approximate surface area is 112 Å². The van der Waals surface area contributed by atoms with Crippen LogP contribution in [0.4, 0.5) is 0 Å². The molecule has 3 rings (SSSR count). The molecular weight excluding hydrogens is 242 g/mol.